The van der Waals surface area contributed by atoms with E-state index in [1.54, 1.807) is 6.08 Å². The minimum Gasteiger partial charge on any atom is -0.507 e. The zero-order valence-electron chi connectivity index (χ0n) is 23.5. The molecule has 202 valence electrons. The number of barbiturate groups is 1. The molecule has 0 unspecified atom stereocenters. The zero-order valence-corrected chi connectivity index (χ0v) is 23.5. The van der Waals surface area contributed by atoms with Crippen molar-refractivity contribution in [1.29, 1.82) is 0 Å². The molecule has 1 aliphatic heterocycles. The third-order valence-electron chi connectivity index (χ3n) is 8.25. The number of rotatable bonds is 3. The maximum Gasteiger partial charge on any atom is 0.334 e. The molecule has 1 aromatic carbocycles. The van der Waals surface area contributed by atoms with E-state index in [2.05, 4.69) is 0 Å². The number of benzene rings is 1. The van der Waals surface area contributed by atoms with Crippen LogP contribution in [0.4, 0.5) is 4.79 Å². The molecular formula is C31H44N2O4. The number of urea groups is 1. The van der Waals surface area contributed by atoms with E-state index in [0.29, 0.717) is 5.56 Å². The standard InChI is InChI=1S/C31H44N2O4/c1-30(2,3)24-18-20(19-25(26(24)34)31(4,5)6)17-23-27(35)32(21-13-9-7-10-14-21)29(37)33(28(23)36)22-15-11-8-12-16-22/h17-19,21-22,34H,7-16H2,1-6H3. The van der Waals surface area contributed by atoms with Crippen LogP contribution in [0.2, 0.25) is 0 Å². The molecule has 1 N–H and O–H groups in total. The van der Waals surface area contributed by atoms with Crippen LogP contribution in [-0.2, 0) is 20.4 Å². The Hall–Kier alpha value is -2.63. The fraction of sp³-hybridized carbons (Fsp3) is 0.645. The van der Waals surface area contributed by atoms with E-state index in [4.69, 9.17) is 0 Å². The number of nitrogens with zero attached hydrogens (tertiary/aromatic N) is 2. The van der Waals surface area contributed by atoms with E-state index in [-0.39, 0.29) is 34.2 Å². The first-order chi connectivity index (χ1) is 17.3. The van der Waals surface area contributed by atoms with Crippen LogP contribution >= 0.6 is 0 Å². The Bertz CT molecular complexity index is 1020. The number of amides is 4. The number of hydrogen-bond acceptors (Lipinski definition) is 4. The highest BCUT2D eigenvalue weighted by molar-refractivity contribution is 6.31. The van der Waals surface area contributed by atoms with Crippen molar-refractivity contribution in [2.24, 2.45) is 0 Å². The lowest BCUT2D eigenvalue weighted by atomic mass is 9.78. The Morgan fingerprint density at radius 3 is 1.43 bits per heavy atom. The molecule has 0 atom stereocenters. The molecule has 1 saturated heterocycles. The van der Waals surface area contributed by atoms with Gasteiger partial charge in [0.25, 0.3) is 11.8 Å². The average molecular weight is 509 g/mol. The number of carbonyl (C=O) groups excluding carboxylic acids is 3. The maximum absolute atomic E-state index is 13.8. The van der Waals surface area contributed by atoms with Crippen molar-refractivity contribution in [3.05, 3.63) is 34.4 Å². The summed E-state index contributed by atoms with van der Waals surface area (Å²) in [6.07, 6.45) is 11.0. The van der Waals surface area contributed by atoms with Gasteiger partial charge in [0.2, 0.25) is 0 Å². The van der Waals surface area contributed by atoms with Crippen molar-refractivity contribution in [2.75, 3.05) is 0 Å². The lowest BCUT2D eigenvalue weighted by molar-refractivity contribution is -0.139. The maximum atomic E-state index is 13.8. The summed E-state index contributed by atoms with van der Waals surface area (Å²) in [6.45, 7) is 12.2. The van der Waals surface area contributed by atoms with Crippen LogP contribution in [0.15, 0.2) is 17.7 Å². The molecule has 0 aromatic heterocycles. The first-order valence-corrected chi connectivity index (χ1v) is 14.1. The summed E-state index contributed by atoms with van der Waals surface area (Å²) in [7, 11) is 0. The van der Waals surface area contributed by atoms with Crippen molar-refractivity contribution in [3.8, 4) is 5.75 Å². The molecule has 37 heavy (non-hydrogen) atoms. The van der Waals surface area contributed by atoms with Gasteiger partial charge in [-0.05, 0) is 60.3 Å². The fourth-order valence-corrected chi connectivity index (χ4v) is 6.14. The van der Waals surface area contributed by atoms with E-state index in [1.165, 1.54) is 9.80 Å². The topological polar surface area (TPSA) is 77.9 Å². The molecular weight excluding hydrogens is 464 g/mol. The number of phenolic OH excluding ortho intramolecular Hbond substituents is 1. The van der Waals surface area contributed by atoms with Gasteiger partial charge < -0.3 is 5.11 Å². The van der Waals surface area contributed by atoms with Gasteiger partial charge in [-0.15, -0.1) is 0 Å². The van der Waals surface area contributed by atoms with Crippen LogP contribution < -0.4 is 0 Å². The van der Waals surface area contributed by atoms with E-state index >= 15 is 0 Å². The molecule has 4 amide bonds. The Labute approximate surface area is 222 Å². The van der Waals surface area contributed by atoms with Gasteiger partial charge in [-0.3, -0.25) is 19.4 Å². The lowest BCUT2D eigenvalue weighted by Gasteiger charge is -2.43. The highest BCUT2D eigenvalue weighted by Crippen LogP contribution is 2.41. The second-order valence-electron chi connectivity index (χ2n) is 13.2. The number of imide groups is 2. The Balaban J connectivity index is 1.85. The number of carbonyl (C=O) groups is 3. The van der Waals surface area contributed by atoms with Gasteiger partial charge >= 0.3 is 6.03 Å². The SMILES string of the molecule is CC(C)(C)c1cc(C=C2C(=O)N(C3CCCCC3)C(=O)N(C3CCCCC3)C2=O)cc(C(C)(C)C)c1O. The highest BCUT2D eigenvalue weighted by atomic mass is 16.3. The summed E-state index contributed by atoms with van der Waals surface area (Å²) in [6, 6.07) is 3.01. The average Bonchev–Trinajstić information content (AvgIpc) is 2.82. The molecule has 3 fully saturated rings. The third-order valence-corrected chi connectivity index (χ3v) is 8.25. The van der Waals surface area contributed by atoms with Crippen LogP contribution in [0.25, 0.3) is 6.08 Å². The molecule has 2 saturated carbocycles. The van der Waals surface area contributed by atoms with Crippen LogP contribution in [-0.4, -0.2) is 44.8 Å². The summed E-state index contributed by atoms with van der Waals surface area (Å²) in [5.41, 5.74) is 1.63. The minimum absolute atomic E-state index is 0.0566. The van der Waals surface area contributed by atoms with Crippen LogP contribution in [0.1, 0.15) is 122 Å². The van der Waals surface area contributed by atoms with Crippen molar-refractivity contribution >= 4 is 23.9 Å². The molecule has 3 aliphatic rings. The van der Waals surface area contributed by atoms with Gasteiger partial charge in [0, 0.05) is 23.2 Å². The number of phenols is 1. The quantitative estimate of drug-likeness (QED) is 0.359. The molecule has 0 radical (unpaired) electrons. The van der Waals surface area contributed by atoms with Crippen molar-refractivity contribution < 1.29 is 19.5 Å². The van der Waals surface area contributed by atoms with Crippen molar-refractivity contribution in [1.82, 2.24) is 9.80 Å². The Kier molecular flexibility index (Phi) is 7.60. The molecule has 1 heterocycles. The Morgan fingerprint density at radius 1 is 0.703 bits per heavy atom. The fourth-order valence-electron chi connectivity index (χ4n) is 6.14. The molecule has 2 aliphatic carbocycles. The van der Waals surface area contributed by atoms with E-state index in [0.717, 1.165) is 75.3 Å². The van der Waals surface area contributed by atoms with Crippen molar-refractivity contribution in [3.63, 3.8) is 0 Å². The second-order valence-corrected chi connectivity index (χ2v) is 13.2. The van der Waals surface area contributed by atoms with E-state index < -0.39 is 17.8 Å². The Morgan fingerprint density at radius 2 is 1.08 bits per heavy atom. The van der Waals surface area contributed by atoms with Crippen molar-refractivity contribution in [2.45, 2.75) is 129 Å². The van der Waals surface area contributed by atoms with Gasteiger partial charge in [-0.25, -0.2) is 4.79 Å². The van der Waals surface area contributed by atoms with E-state index in [9.17, 15) is 19.5 Å². The van der Waals surface area contributed by atoms with Gasteiger partial charge in [0.05, 0.1) is 0 Å². The largest absolute Gasteiger partial charge is 0.507 e. The van der Waals surface area contributed by atoms with Gasteiger partial charge in [0.15, 0.2) is 0 Å². The molecule has 6 nitrogen and oxygen atoms in total. The highest BCUT2D eigenvalue weighted by Gasteiger charge is 2.47. The monoisotopic (exact) mass is 508 g/mol. The van der Waals surface area contributed by atoms with Crippen LogP contribution in [0, 0.1) is 0 Å². The molecule has 4 rings (SSSR count). The minimum atomic E-state index is -0.475. The summed E-state index contributed by atoms with van der Waals surface area (Å²) in [4.78, 5) is 44.2. The second kappa shape index (κ2) is 10.3. The smallest absolute Gasteiger partial charge is 0.334 e. The van der Waals surface area contributed by atoms with Gasteiger partial charge in [-0.1, -0.05) is 80.1 Å². The molecule has 6 heteroatoms. The first-order valence-electron chi connectivity index (χ1n) is 14.1. The third kappa shape index (κ3) is 5.49. The zero-order chi connectivity index (χ0) is 27.1. The van der Waals surface area contributed by atoms with Gasteiger partial charge in [-0.2, -0.15) is 0 Å². The molecule has 0 spiro atoms. The summed E-state index contributed by atoms with van der Waals surface area (Å²) < 4.78 is 0. The molecule has 1 aromatic rings. The number of hydrogen-bond donors (Lipinski definition) is 1. The van der Waals surface area contributed by atoms with E-state index in [1.807, 2.05) is 53.7 Å². The normalized spacial score (nSPS) is 21.1. The van der Waals surface area contributed by atoms with Gasteiger partial charge in [0.1, 0.15) is 11.3 Å². The first kappa shape index (κ1) is 27.4. The lowest BCUT2D eigenvalue weighted by Crippen LogP contribution is -2.62. The number of aromatic hydroxyl groups is 1. The van der Waals surface area contributed by atoms with Crippen LogP contribution in [0.5, 0.6) is 5.75 Å². The predicted molar refractivity (Wildman–Crippen MR) is 146 cm³/mol. The summed E-state index contributed by atoms with van der Waals surface area (Å²) in [5, 5.41) is 11.1. The summed E-state index contributed by atoms with van der Waals surface area (Å²) >= 11 is 0. The predicted octanol–water partition coefficient (Wildman–Crippen LogP) is 6.83. The molecule has 0 bridgehead atoms. The summed E-state index contributed by atoms with van der Waals surface area (Å²) in [5.74, 6) is -0.695. The van der Waals surface area contributed by atoms with Crippen LogP contribution in [0.3, 0.4) is 0 Å².